The highest BCUT2D eigenvalue weighted by atomic mass is 16.5. The minimum atomic E-state index is 0.0981. The van der Waals surface area contributed by atoms with Gasteiger partial charge in [-0.3, -0.25) is 9.69 Å². The third-order valence-corrected chi connectivity index (χ3v) is 4.59. The summed E-state index contributed by atoms with van der Waals surface area (Å²) in [4.78, 5) is 14.7. The van der Waals surface area contributed by atoms with Crippen molar-refractivity contribution in [2.75, 3.05) is 19.7 Å². The molecule has 3 rings (SSSR count). The van der Waals surface area contributed by atoms with Crippen LogP contribution < -0.4 is 10.1 Å². The topological polar surface area (TPSA) is 54.7 Å². The Kier molecular flexibility index (Phi) is 6.12. The Morgan fingerprint density at radius 1 is 1.28 bits per heavy atom. The molecule has 134 valence electrons. The van der Waals surface area contributed by atoms with Gasteiger partial charge in [0.15, 0.2) is 0 Å². The molecule has 1 fully saturated rings. The molecular formula is C20H26N2O3. The molecule has 0 radical (unpaired) electrons. The Morgan fingerprint density at radius 3 is 2.84 bits per heavy atom. The second-order valence-corrected chi connectivity index (χ2v) is 6.43. The molecule has 1 aromatic carbocycles. The summed E-state index contributed by atoms with van der Waals surface area (Å²) in [5.74, 6) is 1.95. The number of amides is 1. The highest BCUT2D eigenvalue weighted by Gasteiger charge is 2.24. The lowest BCUT2D eigenvalue weighted by Gasteiger charge is -2.31. The van der Waals surface area contributed by atoms with Crippen molar-refractivity contribution in [3.05, 3.63) is 54.0 Å². The number of nitrogens with zero attached hydrogens (tertiary/aromatic N) is 1. The summed E-state index contributed by atoms with van der Waals surface area (Å²) in [5.41, 5.74) is 1.26. The van der Waals surface area contributed by atoms with E-state index in [2.05, 4.69) is 22.3 Å². The van der Waals surface area contributed by atoms with E-state index in [0.717, 1.165) is 44.0 Å². The summed E-state index contributed by atoms with van der Waals surface area (Å²) in [5, 5.41) is 2.97. The molecule has 2 aromatic rings. The molecule has 1 aliphatic heterocycles. The molecular weight excluding hydrogens is 316 g/mol. The third kappa shape index (κ3) is 5.10. The Bertz CT molecular complexity index is 661. The summed E-state index contributed by atoms with van der Waals surface area (Å²) in [7, 11) is 0. The van der Waals surface area contributed by atoms with E-state index in [1.165, 1.54) is 5.56 Å². The average Bonchev–Trinajstić information content (AvgIpc) is 3.14. The van der Waals surface area contributed by atoms with E-state index in [-0.39, 0.29) is 11.8 Å². The molecule has 0 bridgehead atoms. The van der Waals surface area contributed by atoms with Crippen molar-refractivity contribution in [3.8, 4) is 5.75 Å². The maximum atomic E-state index is 12.3. The van der Waals surface area contributed by atoms with Crippen molar-refractivity contribution in [1.29, 1.82) is 0 Å². The number of nitrogens with one attached hydrogen (secondary N) is 1. The van der Waals surface area contributed by atoms with Gasteiger partial charge in [0, 0.05) is 12.5 Å². The van der Waals surface area contributed by atoms with Crippen LogP contribution in [0.25, 0.3) is 0 Å². The summed E-state index contributed by atoms with van der Waals surface area (Å²) in [6.45, 7) is 5.93. The summed E-state index contributed by atoms with van der Waals surface area (Å²) in [6, 6.07) is 12.0. The van der Waals surface area contributed by atoms with Crippen LogP contribution in [0.4, 0.5) is 0 Å². The maximum Gasteiger partial charge on any atom is 0.223 e. The van der Waals surface area contributed by atoms with Crippen molar-refractivity contribution >= 4 is 5.91 Å². The number of carbonyl (C=O) groups is 1. The molecule has 1 N–H and O–H groups in total. The van der Waals surface area contributed by atoms with Gasteiger partial charge in [-0.05, 0) is 62.7 Å². The molecule has 5 heteroatoms. The van der Waals surface area contributed by atoms with Gasteiger partial charge in [-0.2, -0.15) is 0 Å². The Hall–Kier alpha value is -2.27. The maximum absolute atomic E-state index is 12.3. The minimum absolute atomic E-state index is 0.0981. The Morgan fingerprint density at radius 2 is 2.12 bits per heavy atom. The van der Waals surface area contributed by atoms with E-state index < -0.39 is 0 Å². The number of rotatable bonds is 7. The molecule has 1 aromatic heterocycles. The fraction of sp³-hybridized carbons (Fsp3) is 0.450. The molecule has 1 saturated heterocycles. The second-order valence-electron chi connectivity index (χ2n) is 6.43. The summed E-state index contributed by atoms with van der Waals surface area (Å²) >= 11 is 0. The number of furan rings is 1. The smallest absolute Gasteiger partial charge is 0.223 e. The average molecular weight is 342 g/mol. The van der Waals surface area contributed by atoms with Gasteiger partial charge in [0.05, 0.1) is 19.4 Å². The minimum Gasteiger partial charge on any atom is -0.494 e. The Labute approximate surface area is 149 Å². The standard InChI is InChI=1S/C20H26N2O3/c1-2-24-18-6-3-5-16(13-18)15-22-10-8-17(9-11-22)20(23)21-14-19-7-4-12-25-19/h3-7,12-13,17H,2,8-11,14-15H2,1H3,(H,21,23). The number of ether oxygens (including phenoxy) is 1. The molecule has 0 unspecified atom stereocenters. The number of benzene rings is 1. The Balaban J connectivity index is 1.43. The van der Waals surface area contributed by atoms with E-state index in [4.69, 9.17) is 9.15 Å². The van der Waals surface area contributed by atoms with Crippen molar-refractivity contribution in [2.45, 2.75) is 32.9 Å². The van der Waals surface area contributed by atoms with Crippen molar-refractivity contribution in [2.24, 2.45) is 5.92 Å². The first kappa shape index (κ1) is 17.5. The van der Waals surface area contributed by atoms with Gasteiger partial charge in [-0.25, -0.2) is 0 Å². The summed E-state index contributed by atoms with van der Waals surface area (Å²) < 4.78 is 10.8. The largest absolute Gasteiger partial charge is 0.494 e. The zero-order valence-corrected chi connectivity index (χ0v) is 14.7. The van der Waals surface area contributed by atoms with E-state index in [1.54, 1.807) is 6.26 Å². The van der Waals surface area contributed by atoms with Gasteiger partial charge in [0.1, 0.15) is 11.5 Å². The second kappa shape index (κ2) is 8.72. The molecule has 0 aliphatic carbocycles. The first-order valence-corrected chi connectivity index (χ1v) is 8.99. The first-order chi connectivity index (χ1) is 12.2. The van der Waals surface area contributed by atoms with Crippen LogP contribution in [0.5, 0.6) is 5.75 Å². The van der Waals surface area contributed by atoms with Gasteiger partial charge in [-0.15, -0.1) is 0 Å². The number of hydrogen-bond donors (Lipinski definition) is 1. The van der Waals surface area contributed by atoms with Crippen molar-refractivity contribution in [3.63, 3.8) is 0 Å². The van der Waals surface area contributed by atoms with Gasteiger partial charge in [0.25, 0.3) is 0 Å². The molecule has 0 spiro atoms. The number of carbonyl (C=O) groups excluding carboxylic acids is 1. The number of piperidine rings is 1. The van der Waals surface area contributed by atoms with Crippen LogP contribution in [0.3, 0.4) is 0 Å². The van der Waals surface area contributed by atoms with Crippen LogP contribution in [0.15, 0.2) is 47.1 Å². The normalized spacial score (nSPS) is 15.9. The number of hydrogen-bond acceptors (Lipinski definition) is 4. The number of likely N-dealkylation sites (tertiary alicyclic amines) is 1. The molecule has 0 atom stereocenters. The SMILES string of the molecule is CCOc1cccc(CN2CCC(C(=O)NCc3ccco3)CC2)c1. The van der Waals surface area contributed by atoms with Crippen molar-refractivity contribution in [1.82, 2.24) is 10.2 Å². The first-order valence-electron chi connectivity index (χ1n) is 8.99. The lowest BCUT2D eigenvalue weighted by atomic mass is 9.95. The predicted molar refractivity (Wildman–Crippen MR) is 96.2 cm³/mol. The highest BCUT2D eigenvalue weighted by molar-refractivity contribution is 5.78. The van der Waals surface area contributed by atoms with E-state index in [9.17, 15) is 4.79 Å². The van der Waals surface area contributed by atoms with Gasteiger partial charge in [-0.1, -0.05) is 12.1 Å². The molecule has 1 aliphatic rings. The quantitative estimate of drug-likeness (QED) is 0.839. The molecule has 5 nitrogen and oxygen atoms in total. The fourth-order valence-corrected chi connectivity index (χ4v) is 3.24. The van der Waals surface area contributed by atoms with Crippen LogP contribution in [0.2, 0.25) is 0 Å². The van der Waals surface area contributed by atoms with Crippen LogP contribution in [0.1, 0.15) is 31.1 Å². The van der Waals surface area contributed by atoms with Crippen LogP contribution >= 0.6 is 0 Å². The van der Waals surface area contributed by atoms with Crippen molar-refractivity contribution < 1.29 is 13.9 Å². The molecule has 0 saturated carbocycles. The fourth-order valence-electron chi connectivity index (χ4n) is 3.24. The van der Waals surface area contributed by atoms with Crippen LogP contribution in [-0.2, 0) is 17.9 Å². The predicted octanol–water partition coefficient (Wildman–Crippen LogP) is 3.21. The van der Waals surface area contributed by atoms with Crippen LogP contribution in [-0.4, -0.2) is 30.5 Å². The van der Waals surface area contributed by atoms with E-state index in [1.807, 2.05) is 31.2 Å². The summed E-state index contributed by atoms with van der Waals surface area (Å²) in [6.07, 6.45) is 3.42. The zero-order chi connectivity index (χ0) is 17.5. The van der Waals surface area contributed by atoms with Gasteiger partial charge >= 0.3 is 0 Å². The van der Waals surface area contributed by atoms with Crippen LogP contribution in [0, 0.1) is 5.92 Å². The lowest BCUT2D eigenvalue weighted by molar-refractivity contribution is -0.126. The van der Waals surface area contributed by atoms with Gasteiger partial charge < -0.3 is 14.5 Å². The van der Waals surface area contributed by atoms with E-state index >= 15 is 0 Å². The molecule has 1 amide bonds. The van der Waals surface area contributed by atoms with Gasteiger partial charge in [0.2, 0.25) is 5.91 Å². The monoisotopic (exact) mass is 342 g/mol. The van der Waals surface area contributed by atoms with E-state index in [0.29, 0.717) is 13.2 Å². The molecule has 2 heterocycles. The molecule has 25 heavy (non-hydrogen) atoms. The zero-order valence-electron chi connectivity index (χ0n) is 14.7. The lowest BCUT2D eigenvalue weighted by Crippen LogP contribution is -2.40. The third-order valence-electron chi connectivity index (χ3n) is 4.59. The highest BCUT2D eigenvalue weighted by Crippen LogP contribution is 2.21.